The number of carboxylic acid groups (broad SMARTS) is 1. The summed E-state index contributed by atoms with van der Waals surface area (Å²) < 4.78 is 11.2. The molecule has 3 aliphatic rings. The molecule has 2 fully saturated rings. The van der Waals surface area contributed by atoms with Crippen LogP contribution >= 0.6 is 0 Å². The molecule has 4 atom stereocenters. The predicted octanol–water partition coefficient (Wildman–Crippen LogP) is 3.25. The van der Waals surface area contributed by atoms with Crippen molar-refractivity contribution in [2.75, 3.05) is 26.4 Å². The largest absolute Gasteiger partial charge is 0.481 e. The molecule has 0 bridgehead atoms. The van der Waals surface area contributed by atoms with E-state index in [1.54, 1.807) is 11.8 Å². The number of likely N-dealkylation sites (tertiary alicyclic amines) is 1. The Morgan fingerprint density at radius 3 is 2.34 bits per heavy atom. The molecule has 8 nitrogen and oxygen atoms in total. The van der Waals surface area contributed by atoms with Gasteiger partial charge in [0.05, 0.1) is 31.1 Å². The van der Waals surface area contributed by atoms with E-state index in [0.29, 0.717) is 19.4 Å². The Bertz CT molecular complexity index is 1090. The molecule has 2 aliphatic heterocycles. The second kappa shape index (κ2) is 9.70. The van der Waals surface area contributed by atoms with Crippen LogP contribution < -0.4 is 5.32 Å². The van der Waals surface area contributed by atoms with Crippen LogP contribution in [0.25, 0.3) is 11.1 Å². The number of carbonyl (C=O) groups is 3. The number of hydrogen-bond donors (Lipinski definition) is 2. The summed E-state index contributed by atoms with van der Waals surface area (Å²) in [6.07, 6.45) is 0.615. The molecule has 0 aromatic heterocycles. The second-order valence-corrected chi connectivity index (χ2v) is 9.58. The van der Waals surface area contributed by atoms with Crippen molar-refractivity contribution in [1.82, 2.24) is 10.2 Å². The Kier molecular flexibility index (Phi) is 6.47. The van der Waals surface area contributed by atoms with E-state index < -0.39 is 36.0 Å². The molecule has 2 N–H and O–H groups in total. The molecule has 1 aliphatic carbocycles. The van der Waals surface area contributed by atoms with Gasteiger partial charge in [0.2, 0.25) is 5.91 Å². The van der Waals surface area contributed by atoms with Crippen molar-refractivity contribution in [3.8, 4) is 11.1 Å². The van der Waals surface area contributed by atoms with Gasteiger partial charge in [0.15, 0.2) is 0 Å². The average Bonchev–Trinajstić information content (AvgIpc) is 3.44. The summed E-state index contributed by atoms with van der Waals surface area (Å²) in [5.74, 6) is -2.25. The SMILES string of the molecule is CC1C(C(=O)O)CCCN1C(=O)C1COCC1NC(=O)OCC1c2ccccc2-c2ccccc21. The molecule has 2 aromatic rings. The highest BCUT2D eigenvalue weighted by Gasteiger charge is 2.43. The Balaban J connectivity index is 1.22. The summed E-state index contributed by atoms with van der Waals surface area (Å²) in [6, 6.07) is 15.3. The summed E-state index contributed by atoms with van der Waals surface area (Å²) in [4.78, 5) is 39.2. The third-order valence-corrected chi connectivity index (χ3v) is 7.63. The molecule has 8 heteroatoms. The third kappa shape index (κ3) is 4.38. The highest BCUT2D eigenvalue weighted by atomic mass is 16.5. The van der Waals surface area contributed by atoms with Gasteiger partial charge in [-0.25, -0.2) is 4.79 Å². The number of carbonyl (C=O) groups excluding carboxylic acids is 2. The van der Waals surface area contributed by atoms with Gasteiger partial charge in [0.25, 0.3) is 0 Å². The van der Waals surface area contributed by atoms with E-state index in [1.165, 1.54) is 0 Å². The maximum absolute atomic E-state index is 13.3. The van der Waals surface area contributed by atoms with Crippen molar-refractivity contribution in [2.45, 2.75) is 37.8 Å². The molecular weight excluding hydrogens is 448 g/mol. The lowest BCUT2D eigenvalue weighted by Crippen LogP contribution is -2.54. The number of carboxylic acids is 1. The number of ether oxygens (including phenoxy) is 2. The summed E-state index contributed by atoms with van der Waals surface area (Å²) in [7, 11) is 0. The summed E-state index contributed by atoms with van der Waals surface area (Å²) >= 11 is 0. The first-order valence-electron chi connectivity index (χ1n) is 12.2. The maximum Gasteiger partial charge on any atom is 0.407 e. The Morgan fingerprint density at radius 2 is 1.69 bits per heavy atom. The minimum Gasteiger partial charge on any atom is -0.481 e. The zero-order valence-electron chi connectivity index (χ0n) is 19.7. The quantitative estimate of drug-likeness (QED) is 0.684. The Morgan fingerprint density at radius 1 is 1.03 bits per heavy atom. The summed E-state index contributed by atoms with van der Waals surface area (Å²) in [5, 5.41) is 12.3. The normalized spacial score (nSPS) is 25.6. The molecule has 2 amide bonds. The van der Waals surface area contributed by atoms with Gasteiger partial charge >= 0.3 is 12.1 Å². The van der Waals surface area contributed by atoms with Crippen LogP contribution in [0.2, 0.25) is 0 Å². The van der Waals surface area contributed by atoms with Gasteiger partial charge < -0.3 is 24.8 Å². The van der Waals surface area contributed by atoms with Crippen LogP contribution in [-0.4, -0.2) is 66.4 Å². The maximum atomic E-state index is 13.3. The van der Waals surface area contributed by atoms with Gasteiger partial charge in [-0.15, -0.1) is 0 Å². The van der Waals surface area contributed by atoms with E-state index in [1.807, 2.05) is 24.3 Å². The molecule has 2 saturated heterocycles. The number of benzene rings is 2. The zero-order chi connectivity index (χ0) is 24.5. The smallest absolute Gasteiger partial charge is 0.407 e. The van der Waals surface area contributed by atoms with E-state index in [4.69, 9.17) is 9.47 Å². The number of nitrogens with one attached hydrogen (secondary N) is 1. The molecule has 0 saturated carbocycles. The van der Waals surface area contributed by atoms with E-state index in [2.05, 4.69) is 29.6 Å². The van der Waals surface area contributed by atoms with Crippen molar-refractivity contribution in [2.24, 2.45) is 11.8 Å². The minimum atomic E-state index is -0.883. The minimum absolute atomic E-state index is 0.0486. The highest BCUT2D eigenvalue weighted by molar-refractivity contribution is 5.83. The van der Waals surface area contributed by atoms with E-state index in [9.17, 15) is 19.5 Å². The fourth-order valence-electron chi connectivity index (χ4n) is 5.73. The first-order chi connectivity index (χ1) is 17.0. The molecule has 5 rings (SSSR count). The average molecular weight is 479 g/mol. The molecule has 2 heterocycles. The summed E-state index contributed by atoms with van der Waals surface area (Å²) in [6.45, 7) is 2.88. The second-order valence-electron chi connectivity index (χ2n) is 9.58. The van der Waals surface area contributed by atoms with Crippen molar-refractivity contribution >= 4 is 18.0 Å². The molecule has 4 unspecified atom stereocenters. The van der Waals surface area contributed by atoms with E-state index >= 15 is 0 Å². The first-order valence-corrected chi connectivity index (χ1v) is 12.2. The van der Waals surface area contributed by atoms with Gasteiger partial charge in [-0.3, -0.25) is 9.59 Å². The van der Waals surface area contributed by atoms with Crippen LogP contribution in [0.5, 0.6) is 0 Å². The number of nitrogens with zero attached hydrogens (tertiary/aromatic N) is 1. The van der Waals surface area contributed by atoms with Crippen LogP contribution in [0.1, 0.15) is 36.8 Å². The predicted molar refractivity (Wildman–Crippen MR) is 128 cm³/mol. The van der Waals surface area contributed by atoms with Gasteiger partial charge in [-0.05, 0) is 42.0 Å². The topological polar surface area (TPSA) is 105 Å². The van der Waals surface area contributed by atoms with Crippen molar-refractivity contribution in [1.29, 1.82) is 0 Å². The fourth-order valence-corrected chi connectivity index (χ4v) is 5.73. The number of piperidine rings is 1. The number of fused-ring (bicyclic) bond motifs is 3. The lowest BCUT2D eigenvalue weighted by atomic mass is 9.88. The molecule has 184 valence electrons. The third-order valence-electron chi connectivity index (χ3n) is 7.63. The van der Waals surface area contributed by atoms with Gasteiger partial charge in [-0.2, -0.15) is 0 Å². The lowest BCUT2D eigenvalue weighted by Gasteiger charge is -2.39. The summed E-state index contributed by atoms with van der Waals surface area (Å²) in [5.41, 5.74) is 4.57. The standard InChI is InChI=1S/C27H30N2O6/c1-16-17(26(31)32)11-6-12-29(16)25(30)23-13-34-15-24(23)28-27(33)35-14-22-20-9-4-2-7-18(20)19-8-3-5-10-21(19)22/h2-5,7-10,16-17,22-24H,6,11-15H2,1H3,(H,28,33)(H,31,32). The number of rotatable bonds is 5. The number of alkyl carbamates (subject to hydrolysis) is 1. The first kappa shape index (κ1) is 23.4. The van der Waals surface area contributed by atoms with Crippen LogP contribution in [0.3, 0.4) is 0 Å². The van der Waals surface area contributed by atoms with Crippen LogP contribution in [0.15, 0.2) is 48.5 Å². The number of amides is 2. The lowest BCUT2D eigenvalue weighted by molar-refractivity contribution is -0.150. The van der Waals surface area contributed by atoms with Crippen LogP contribution in [-0.2, 0) is 19.1 Å². The van der Waals surface area contributed by atoms with Gasteiger partial charge in [0, 0.05) is 18.5 Å². The molecule has 0 spiro atoms. The molecule has 35 heavy (non-hydrogen) atoms. The molecular formula is C27H30N2O6. The molecule has 2 aromatic carbocycles. The fraction of sp³-hybridized carbons (Fsp3) is 0.444. The zero-order valence-corrected chi connectivity index (χ0v) is 19.7. The Hall–Kier alpha value is -3.39. The van der Waals surface area contributed by atoms with Crippen molar-refractivity contribution in [3.63, 3.8) is 0 Å². The highest BCUT2D eigenvalue weighted by Crippen LogP contribution is 2.44. The monoisotopic (exact) mass is 478 g/mol. The van der Waals surface area contributed by atoms with E-state index in [0.717, 1.165) is 22.3 Å². The Labute approximate surface area is 204 Å². The van der Waals surface area contributed by atoms with Crippen molar-refractivity contribution < 1.29 is 29.0 Å². The number of hydrogen-bond acceptors (Lipinski definition) is 5. The molecule has 0 radical (unpaired) electrons. The van der Waals surface area contributed by atoms with Crippen molar-refractivity contribution in [3.05, 3.63) is 59.7 Å². The van der Waals surface area contributed by atoms with E-state index in [-0.39, 0.29) is 31.6 Å². The van der Waals surface area contributed by atoms with Gasteiger partial charge in [0.1, 0.15) is 6.61 Å². The van der Waals surface area contributed by atoms with Crippen LogP contribution in [0.4, 0.5) is 4.79 Å². The number of aliphatic carboxylic acids is 1. The van der Waals surface area contributed by atoms with Crippen LogP contribution in [0, 0.1) is 11.8 Å². The van der Waals surface area contributed by atoms with Gasteiger partial charge in [-0.1, -0.05) is 48.5 Å².